The van der Waals surface area contributed by atoms with Crippen LogP contribution in [0.1, 0.15) is 17.5 Å². The summed E-state index contributed by atoms with van der Waals surface area (Å²) in [5.41, 5.74) is 3.63. The Kier molecular flexibility index (Phi) is 5.93. The first-order chi connectivity index (χ1) is 17.8. The maximum Gasteiger partial charge on any atom is 0.255 e. The number of phenols is 1. The minimum Gasteiger partial charge on any atom is -0.508 e. The summed E-state index contributed by atoms with van der Waals surface area (Å²) < 4.78 is 0. The number of rotatable bonds is 4. The van der Waals surface area contributed by atoms with Crippen LogP contribution in [0.5, 0.6) is 5.75 Å². The number of Topliss-reactive ketones (excluding diaryl/α,β-unsaturated/α-hetero) is 2. The molecule has 1 saturated carbocycles. The zero-order valence-corrected chi connectivity index (χ0v) is 22.2. The van der Waals surface area contributed by atoms with Gasteiger partial charge in [0.1, 0.15) is 22.8 Å². The Balaban J connectivity index is 1.78. The molecule has 1 aromatic heterocycles. The highest BCUT2D eigenvalue weighted by Crippen LogP contribution is 2.55. The number of primary amides is 1. The van der Waals surface area contributed by atoms with Gasteiger partial charge in [0, 0.05) is 41.7 Å². The third-order valence-corrected chi connectivity index (χ3v) is 8.87. The van der Waals surface area contributed by atoms with Crippen LogP contribution in [0.15, 0.2) is 40.5 Å². The number of aromatic hydroxyl groups is 1. The van der Waals surface area contributed by atoms with Crippen LogP contribution in [-0.2, 0) is 20.8 Å². The highest BCUT2D eigenvalue weighted by Gasteiger charge is 2.64. The van der Waals surface area contributed by atoms with Crippen molar-refractivity contribution in [2.45, 2.75) is 24.5 Å². The second-order valence-electron chi connectivity index (χ2n) is 10.5. The number of carbonyl (C=O) groups excluding carboxylic acids is 3. The fourth-order valence-corrected chi connectivity index (χ4v) is 7.05. The second-order valence-corrected chi connectivity index (χ2v) is 11.4. The molecule has 0 saturated heterocycles. The smallest absolute Gasteiger partial charge is 0.255 e. The van der Waals surface area contributed by atoms with E-state index in [1.165, 1.54) is 16.2 Å². The van der Waals surface area contributed by atoms with Gasteiger partial charge >= 0.3 is 0 Å². The van der Waals surface area contributed by atoms with Crippen molar-refractivity contribution in [3.05, 3.63) is 51.6 Å². The maximum atomic E-state index is 14.0. The molecule has 2 aromatic rings. The number of amides is 1. The van der Waals surface area contributed by atoms with Crippen molar-refractivity contribution >= 4 is 40.3 Å². The number of hydrogen-bond acceptors (Lipinski definition) is 10. The van der Waals surface area contributed by atoms with E-state index < -0.39 is 58.0 Å². The van der Waals surface area contributed by atoms with Gasteiger partial charge in [-0.25, -0.2) is 0 Å². The lowest BCUT2D eigenvalue weighted by atomic mass is 9.57. The molecule has 3 aliphatic carbocycles. The Bertz CT molecular complexity index is 1460. The predicted molar refractivity (Wildman–Crippen MR) is 142 cm³/mol. The molecule has 5 rings (SSSR count). The molecule has 0 spiro atoms. The van der Waals surface area contributed by atoms with Crippen molar-refractivity contribution in [2.24, 2.45) is 17.6 Å². The van der Waals surface area contributed by atoms with Crippen molar-refractivity contribution in [2.75, 3.05) is 33.1 Å². The number of carbonyl (C=O) groups is 3. The van der Waals surface area contributed by atoms with Gasteiger partial charge in [0.05, 0.1) is 11.6 Å². The van der Waals surface area contributed by atoms with E-state index in [1.54, 1.807) is 14.1 Å². The Morgan fingerprint density at radius 1 is 1.16 bits per heavy atom. The van der Waals surface area contributed by atoms with Gasteiger partial charge in [0.25, 0.3) is 5.91 Å². The summed E-state index contributed by atoms with van der Waals surface area (Å²) in [5.74, 6) is -6.60. The SMILES string of the molecule is CN(C)c1cc(-c2cccs2)c(O)c2c1C[C@@H]1C[C@@H]3[C@@H](N(C)C)C(=O)C(C(N)=O)=C(O)[C@@]3(O)C(=O)C1=C2O. The van der Waals surface area contributed by atoms with Crippen LogP contribution in [0, 0.1) is 11.8 Å². The third kappa shape index (κ3) is 3.35. The van der Waals surface area contributed by atoms with Crippen LogP contribution in [0.2, 0.25) is 0 Å². The molecule has 4 atom stereocenters. The van der Waals surface area contributed by atoms with E-state index in [2.05, 4.69) is 0 Å². The lowest BCUT2D eigenvalue weighted by Gasteiger charge is -2.50. The van der Waals surface area contributed by atoms with Gasteiger partial charge in [0.2, 0.25) is 5.78 Å². The second kappa shape index (κ2) is 8.69. The Hall–Kier alpha value is -3.67. The number of nitrogens with two attached hydrogens (primary N) is 1. The fourth-order valence-electron chi connectivity index (χ4n) is 6.31. The van der Waals surface area contributed by atoms with Crippen molar-refractivity contribution in [3.8, 4) is 16.2 Å². The quantitative estimate of drug-likeness (QED) is 0.364. The maximum absolute atomic E-state index is 14.0. The number of phenolic OH excluding ortho intramolecular Hbond substituents is 1. The van der Waals surface area contributed by atoms with E-state index >= 15 is 0 Å². The molecule has 0 radical (unpaired) electrons. The average Bonchev–Trinajstić information content (AvgIpc) is 3.35. The van der Waals surface area contributed by atoms with Gasteiger partial charge in [-0.15, -0.1) is 11.3 Å². The largest absolute Gasteiger partial charge is 0.508 e. The first kappa shape index (κ1) is 26.0. The van der Waals surface area contributed by atoms with Crippen molar-refractivity contribution in [3.63, 3.8) is 0 Å². The van der Waals surface area contributed by atoms with Crippen LogP contribution in [0.25, 0.3) is 16.2 Å². The molecular formula is C27H29N3O7S. The number of thiophene rings is 1. The molecule has 38 heavy (non-hydrogen) atoms. The van der Waals surface area contributed by atoms with E-state index in [4.69, 9.17) is 5.73 Å². The molecule has 1 amide bonds. The van der Waals surface area contributed by atoms with Gasteiger partial charge < -0.3 is 31.1 Å². The number of hydrogen-bond donors (Lipinski definition) is 5. The summed E-state index contributed by atoms with van der Waals surface area (Å²) >= 11 is 1.40. The topological polar surface area (TPSA) is 165 Å². The molecule has 3 aliphatic rings. The van der Waals surface area contributed by atoms with Crippen LogP contribution in [0.3, 0.4) is 0 Å². The van der Waals surface area contributed by atoms with E-state index in [-0.39, 0.29) is 29.7 Å². The summed E-state index contributed by atoms with van der Waals surface area (Å²) in [7, 11) is 6.81. The number of aliphatic hydroxyl groups excluding tert-OH is 2. The minimum atomic E-state index is -2.66. The summed E-state index contributed by atoms with van der Waals surface area (Å²) in [5, 5.41) is 47.4. The Morgan fingerprint density at radius 3 is 2.39 bits per heavy atom. The number of ketones is 2. The molecule has 1 fully saturated rings. The number of nitrogens with zero attached hydrogens (tertiary/aromatic N) is 2. The molecule has 11 heteroatoms. The van der Waals surface area contributed by atoms with Crippen molar-refractivity contribution in [1.82, 2.24) is 4.90 Å². The van der Waals surface area contributed by atoms with Crippen LogP contribution >= 0.6 is 11.3 Å². The average molecular weight is 540 g/mol. The van der Waals surface area contributed by atoms with E-state index in [0.29, 0.717) is 11.1 Å². The summed E-state index contributed by atoms with van der Waals surface area (Å²) in [6, 6.07) is 4.38. The fraction of sp³-hybridized carbons (Fsp3) is 0.370. The summed E-state index contributed by atoms with van der Waals surface area (Å²) in [4.78, 5) is 43.4. The molecule has 200 valence electrons. The van der Waals surface area contributed by atoms with Crippen LogP contribution in [-0.4, -0.2) is 82.6 Å². The molecule has 10 nitrogen and oxygen atoms in total. The normalized spacial score (nSPS) is 26.8. The standard InChI is InChI=1S/C27H29N3O7S/c1-29(2)15-10-13(16-6-5-7-38-16)21(31)18-12(15)8-11-9-14-20(30(3)4)23(33)19(26(28)36)25(35)27(14,37)24(34)17(11)22(18)32/h5-7,10-11,14,20,31-32,35,37H,8-9H2,1-4H3,(H2,28,36)/t11-,14-,20-,27+/m1/s1. The highest BCUT2D eigenvalue weighted by molar-refractivity contribution is 7.13. The van der Waals surface area contributed by atoms with Gasteiger partial charge in [-0.2, -0.15) is 0 Å². The molecule has 0 bridgehead atoms. The van der Waals surface area contributed by atoms with Gasteiger partial charge in [-0.05, 0) is 55.9 Å². The van der Waals surface area contributed by atoms with E-state index in [9.17, 15) is 34.8 Å². The molecule has 1 aromatic carbocycles. The first-order valence-electron chi connectivity index (χ1n) is 12.1. The number of likely N-dealkylation sites (N-methyl/N-ethyl adjacent to an activating group) is 1. The lowest BCUT2D eigenvalue weighted by molar-refractivity contribution is -0.153. The monoisotopic (exact) mass is 539 g/mol. The summed E-state index contributed by atoms with van der Waals surface area (Å²) in [6.07, 6.45) is 0.284. The zero-order chi connectivity index (χ0) is 27.8. The zero-order valence-electron chi connectivity index (χ0n) is 21.3. The number of aliphatic hydroxyl groups is 3. The molecule has 1 heterocycles. The van der Waals surface area contributed by atoms with Crippen LogP contribution < -0.4 is 10.6 Å². The molecular weight excluding hydrogens is 510 g/mol. The molecule has 0 aliphatic heterocycles. The molecule has 0 unspecified atom stereocenters. The molecule has 6 N–H and O–H groups in total. The number of fused-ring (bicyclic) bond motifs is 3. The van der Waals surface area contributed by atoms with Crippen LogP contribution in [0.4, 0.5) is 5.69 Å². The number of anilines is 1. The Morgan fingerprint density at radius 2 is 1.84 bits per heavy atom. The van der Waals surface area contributed by atoms with Crippen molar-refractivity contribution in [1.29, 1.82) is 0 Å². The number of benzene rings is 1. The van der Waals surface area contributed by atoms with E-state index in [1.807, 2.05) is 42.6 Å². The predicted octanol–water partition coefficient (Wildman–Crippen LogP) is 1.76. The van der Waals surface area contributed by atoms with E-state index in [0.717, 1.165) is 10.6 Å². The van der Waals surface area contributed by atoms with Gasteiger partial charge in [0.15, 0.2) is 11.4 Å². The van der Waals surface area contributed by atoms with Gasteiger partial charge in [-0.3, -0.25) is 19.3 Å². The Labute approximate surface area is 222 Å². The third-order valence-electron chi connectivity index (χ3n) is 7.97. The summed E-state index contributed by atoms with van der Waals surface area (Å²) in [6.45, 7) is 0. The first-order valence-corrected chi connectivity index (χ1v) is 12.9. The highest BCUT2D eigenvalue weighted by atomic mass is 32.1. The van der Waals surface area contributed by atoms with Gasteiger partial charge in [-0.1, -0.05) is 6.07 Å². The van der Waals surface area contributed by atoms with Crippen molar-refractivity contribution < 1.29 is 34.8 Å². The lowest BCUT2D eigenvalue weighted by Crippen LogP contribution is -2.65. The minimum absolute atomic E-state index is 0.0477.